The molecule has 0 aliphatic heterocycles. The fourth-order valence-corrected chi connectivity index (χ4v) is 2.06. The minimum absolute atomic E-state index is 0.226. The molecule has 9 heteroatoms. The summed E-state index contributed by atoms with van der Waals surface area (Å²) >= 11 is 0. The summed E-state index contributed by atoms with van der Waals surface area (Å²) < 4.78 is 30.7. The number of amides is 1. The molecule has 0 saturated heterocycles. The first-order valence-electron chi connectivity index (χ1n) is 7.58. The molecule has 1 heterocycles. The number of hydrogen-bond acceptors (Lipinski definition) is 6. The molecule has 0 fully saturated rings. The summed E-state index contributed by atoms with van der Waals surface area (Å²) in [5.74, 6) is -3.89. The number of alkyl halides is 2. The van der Waals surface area contributed by atoms with Gasteiger partial charge in [0, 0.05) is 49.5 Å². The van der Waals surface area contributed by atoms with E-state index in [1.165, 1.54) is 0 Å². The van der Waals surface area contributed by atoms with Crippen molar-refractivity contribution in [1.29, 1.82) is 5.41 Å². The van der Waals surface area contributed by atoms with Crippen molar-refractivity contribution in [3.8, 4) is 11.4 Å². The van der Waals surface area contributed by atoms with Crippen molar-refractivity contribution < 1.29 is 18.1 Å². The van der Waals surface area contributed by atoms with E-state index in [1.807, 2.05) is 0 Å². The number of aryl methyl sites for hydroxylation is 1. The van der Waals surface area contributed by atoms with Gasteiger partial charge in [-0.25, -0.2) is 0 Å². The first-order chi connectivity index (χ1) is 11.7. The van der Waals surface area contributed by atoms with E-state index in [0.29, 0.717) is 35.5 Å². The SMILES string of the molecule is Cc1nc(-c2ccc(NCC(C)NC(=O)C(C)(F)F)c(C=N)c2)no1. The molecule has 25 heavy (non-hydrogen) atoms. The number of rotatable bonds is 7. The zero-order valence-electron chi connectivity index (χ0n) is 14.1. The van der Waals surface area contributed by atoms with Crippen LogP contribution >= 0.6 is 0 Å². The molecule has 1 amide bonds. The van der Waals surface area contributed by atoms with Gasteiger partial charge in [0.15, 0.2) is 0 Å². The van der Waals surface area contributed by atoms with Gasteiger partial charge in [-0.15, -0.1) is 0 Å². The third kappa shape index (κ3) is 4.82. The molecule has 0 bridgehead atoms. The molecule has 1 aromatic carbocycles. The van der Waals surface area contributed by atoms with Crippen LogP contribution in [0.25, 0.3) is 11.4 Å². The second-order valence-electron chi connectivity index (χ2n) is 5.73. The van der Waals surface area contributed by atoms with Crippen molar-refractivity contribution in [1.82, 2.24) is 15.5 Å². The normalized spacial score (nSPS) is 12.5. The summed E-state index contributed by atoms with van der Waals surface area (Å²) in [6, 6.07) is 4.67. The maximum Gasteiger partial charge on any atom is 0.321 e. The van der Waals surface area contributed by atoms with Gasteiger partial charge in [-0.1, -0.05) is 5.16 Å². The lowest BCUT2D eigenvalue weighted by Gasteiger charge is -2.19. The van der Waals surface area contributed by atoms with Gasteiger partial charge in [-0.2, -0.15) is 13.8 Å². The van der Waals surface area contributed by atoms with Gasteiger partial charge in [-0.3, -0.25) is 4.79 Å². The Morgan fingerprint density at radius 2 is 2.20 bits per heavy atom. The average molecular weight is 351 g/mol. The molecular formula is C16H19F2N5O2. The van der Waals surface area contributed by atoms with Gasteiger partial charge >= 0.3 is 5.92 Å². The van der Waals surface area contributed by atoms with E-state index < -0.39 is 17.9 Å². The number of carbonyl (C=O) groups is 1. The summed E-state index contributed by atoms with van der Waals surface area (Å²) in [5.41, 5.74) is 1.88. The highest BCUT2D eigenvalue weighted by atomic mass is 19.3. The number of hydrogen-bond donors (Lipinski definition) is 3. The second kappa shape index (κ2) is 7.37. The smallest absolute Gasteiger partial charge is 0.321 e. The van der Waals surface area contributed by atoms with Crippen LogP contribution < -0.4 is 10.6 Å². The standard InChI is InChI=1S/C16H19F2N5O2/c1-9(21-15(24)16(3,17)18)8-20-13-5-4-11(6-12(13)7-19)14-22-10(2)25-23-14/h4-7,9,19-20H,8H2,1-3H3,(H,21,24). The van der Waals surface area contributed by atoms with Crippen LogP contribution in [-0.2, 0) is 4.79 Å². The lowest BCUT2D eigenvalue weighted by atomic mass is 10.1. The van der Waals surface area contributed by atoms with Gasteiger partial charge < -0.3 is 20.6 Å². The van der Waals surface area contributed by atoms with Crippen molar-refractivity contribution >= 4 is 17.8 Å². The van der Waals surface area contributed by atoms with E-state index in [9.17, 15) is 13.6 Å². The van der Waals surface area contributed by atoms with Crippen LogP contribution in [0.2, 0.25) is 0 Å². The van der Waals surface area contributed by atoms with Crippen molar-refractivity contribution in [2.75, 3.05) is 11.9 Å². The van der Waals surface area contributed by atoms with Crippen molar-refractivity contribution in [3.63, 3.8) is 0 Å². The van der Waals surface area contributed by atoms with Crippen LogP contribution in [0, 0.1) is 12.3 Å². The monoisotopic (exact) mass is 351 g/mol. The third-order valence-electron chi connectivity index (χ3n) is 3.37. The quantitative estimate of drug-likeness (QED) is 0.665. The predicted octanol–water partition coefficient (Wildman–Crippen LogP) is 2.61. The van der Waals surface area contributed by atoms with Crippen LogP contribution in [0.1, 0.15) is 25.3 Å². The Hall–Kier alpha value is -2.84. The molecule has 1 aromatic heterocycles. The van der Waals surface area contributed by atoms with Crippen molar-refractivity contribution in [3.05, 3.63) is 29.7 Å². The van der Waals surface area contributed by atoms with Gasteiger partial charge in [0.2, 0.25) is 11.7 Å². The van der Waals surface area contributed by atoms with Gasteiger partial charge in [0.25, 0.3) is 5.91 Å². The molecule has 0 aliphatic rings. The summed E-state index contributed by atoms with van der Waals surface area (Å²) in [7, 11) is 0. The van der Waals surface area contributed by atoms with Gasteiger partial charge in [0.05, 0.1) is 0 Å². The fourth-order valence-electron chi connectivity index (χ4n) is 2.06. The molecule has 3 N–H and O–H groups in total. The third-order valence-corrected chi connectivity index (χ3v) is 3.37. The van der Waals surface area contributed by atoms with E-state index in [4.69, 9.17) is 9.93 Å². The lowest BCUT2D eigenvalue weighted by Crippen LogP contribution is -2.45. The summed E-state index contributed by atoms with van der Waals surface area (Å²) in [6.07, 6.45) is 1.15. The van der Waals surface area contributed by atoms with Crippen LogP contribution in [-0.4, -0.2) is 40.8 Å². The number of aromatic nitrogens is 2. The molecule has 0 spiro atoms. The molecule has 7 nitrogen and oxygen atoms in total. The largest absolute Gasteiger partial charge is 0.382 e. The van der Waals surface area contributed by atoms with Crippen LogP contribution in [0.5, 0.6) is 0 Å². The fraction of sp³-hybridized carbons (Fsp3) is 0.375. The van der Waals surface area contributed by atoms with E-state index in [2.05, 4.69) is 20.8 Å². The molecule has 0 aliphatic carbocycles. The minimum atomic E-state index is -3.42. The molecule has 1 unspecified atom stereocenters. The van der Waals surface area contributed by atoms with Crippen LogP contribution in [0.15, 0.2) is 22.7 Å². The Kier molecular flexibility index (Phi) is 5.45. The molecule has 0 radical (unpaired) electrons. The van der Waals surface area contributed by atoms with Gasteiger partial charge in [0.1, 0.15) is 0 Å². The molecule has 134 valence electrons. The maximum atomic E-state index is 12.9. The number of benzene rings is 1. The number of nitrogens with zero attached hydrogens (tertiary/aromatic N) is 2. The number of carbonyl (C=O) groups excluding carboxylic acids is 1. The molecule has 0 saturated carbocycles. The first kappa shape index (κ1) is 18.5. The van der Waals surface area contributed by atoms with Crippen LogP contribution in [0.4, 0.5) is 14.5 Å². The topological polar surface area (TPSA) is 104 Å². The Balaban J connectivity index is 2.05. The minimum Gasteiger partial charge on any atom is -0.382 e. The zero-order chi connectivity index (χ0) is 18.6. The highest BCUT2D eigenvalue weighted by Crippen LogP contribution is 2.22. The summed E-state index contributed by atoms with van der Waals surface area (Å²) in [5, 5.41) is 16.6. The van der Waals surface area contributed by atoms with Gasteiger partial charge in [-0.05, 0) is 25.1 Å². The van der Waals surface area contributed by atoms with E-state index in [0.717, 1.165) is 6.21 Å². The number of nitrogens with one attached hydrogen (secondary N) is 3. The number of anilines is 1. The predicted molar refractivity (Wildman–Crippen MR) is 89.1 cm³/mol. The Morgan fingerprint density at radius 3 is 2.76 bits per heavy atom. The van der Waals surface area contributed by atoms with Crippen LogP contribution in [0.3, 0.4) is 0 Å². The van der Waals surface area contributed by atoms with E-state index in [-0.39, 0.29) is 6.54 Å². The zero-order valence-corrected chi connectivity index (χ0v) is 14.1. The highest BCUT2D eigenvalue weighted by molar-refractivity contribution is 5.88. The van der Waals surface area contributed by atoms with Crippen molar-refractivity contribution in [2.24, 2.45) is 0 Å². The Labute approximate surface area is 143 Å². The molecule has 2 aromatic rings. The number of halogens is 2. The Bertz CT molecular complexity index is 770. The Morgan fingerprint density at radius 1 is 1.48 bits per heavy atom. The van der Waals surface area contributed by atoms with Crippen molar-refractivity contribution in [2.45, 2.75) is 32.7 Å². The molecular weight excluding hydrogens is 332 g/mol. The van der Waals surface area contributed by atoms with E-state index >= 15 is 0 Å². The second-order valence-corrected chi connectivity index (χ2v) is 5.73. The first-order valence-corrected chi connectivity index (χ1v) is 7.58. The van der Waals surface area contributed by atoms with E-state index in [1.54, 1.807) is 32.0 Å². The maximum absolute atomic E-state index is 12.9. The summed E-state index contributed by atoms with van der Waals surface area (Å²) in [4.78, 5) is 15.4. The lowest BCUT2D eigenvalue weighted by molar-refractivity contribution is -0.143. The highest BCUT2D eigenvalue weighted by Gasteiger charge is 2.32. The molecule has 2 rings (SSSR count). The molecule has 1 atom stereocenters. The average Bonchev–Trinajstić information content (AvgIpc) is 2.98. The summed E-state index contributed by atoms with van der Waals surface area (Å²) in [6.45, 7) is 4.06.